The van der Waals surface area contributed by atoms with E-state index in [1.807, 2.05) is 0 Å². The molecule has 3 N–H and O–H groups in total. The van der Waals surface area contributed by atoms with E-state index in [9.17, 15) is 9.59 Å². The van der Waals surface area contributed by atoms with Gasteiger partial charge in [0, 0.05) is 26.1 Å². The monoisotopic (exact) mass is 239 g/mol. The second kappa shape index (κ2) is 5.49. The maximum Gasteiger partial charge on any atom is 0.241 e. The maximum atomic E-state index is 12.2. The molecule has 5 nitrogen and oxygen atoms in total. The normalized spacial score (nSPS) is 26.1. The first-order chi connectivity index (χ1) is 8.18. The Labute approximate surface area is 102 Å². The van der Waals surface area contributed by atoms with Crippen molar-refractivity contribution in [1.29, 1.82) is 0 Å². The molecule has 2 amide bonds. The smallest absolute Gasteiger partial charge is 0.241 e. The number of hydrogen-bond acceptors (Lipinski definition) is 3. The highest BCUT2D eigenvalue weighted by atomic mass is 16.2. The van der Waals surface area contributed by atoms with Gasteiger partial charge >= 0.3 is 0 Å². The maximum absolute atomic E-state index is 12.2. The fraction of sp³-hybridized carbons (Fsp3) is 0.833. The van der Waals surface area contributed by atoms with Crippen molar-refractivity contribution in [2.24, 2.45) is 11.7 Å². The van der Waals surface area contributed by atoms with E-state index >= 15 is 0 Å². The van der Waals surface area contributed by atoms with Crippen LogP contribution in [-0.4, -0.2) is 42.4 Å². The van der Waals surface area contributed by atoms with Gasteiger partial charge in [-0.1, -0.05) is 12.8 Å². The molecule has 1 aliphatic carbocycles. The van der Waals surface area contributed by atoms with Crippen LogP contribution >= 0.6 is 0 Å². The summed E-state index contributed by atoms with van der Waals surface area (Å²) in [5.41, 5.74) is 5.33. The molecular formula is C12H21N3O2. The Bertz CT molecular complexity index is 300. The van der Waals surface area contributed by atoms with Crippen LogP contribution in [0.25, 0.3) is 0 Å². The average molecular weight is 239 g/mol. The molecule has 96 valence electrons. The molecule has 0 aromatic carbocycles. The number of rotatable bonds is 3. The van der Waals surface area contributed by atoms with E-state index in [0.717, 1.165) is 19.4 Å². The SMILES string of the molecule is NC(=O)C1CNCCN1C(=O)CC1CCCC1. The van der Waals surface area contributed by atoms with E-state index in [2.05, 4.69) is 5.32 Å². The molecule has 1 heterocycles. The van der Waals surface area contributed by atoms with E-state index in [-0.39, 0.29) is 5.91 Å². The Morgan fingerprint density at radius 3 is 2.65 bits per heavy atom. The molecule has 0 aromatic heterocycles. The van der Waals surface area contributed by atoms with Gasteiger partial charge < -0.3 is 16.0 Å². The number of carbonyl (C=O) groups excluding carboxylic acids is 2. The largest absolute Gasteiger partial charge is 0.368 e. The molecular weight excluding hydrogens is 218 g/mol. The van der Waals surface area contributed by atoms with Crippen LogP contribution in [0, 0.1) is 5.92 Å². The molecule has 0 spiro atoms. The van der Waals surface area contributed by atoms with Crippen molar-refractivity contribution in [3.05, 3.63) is 0 Å². The highest BCUT2D eigenvalue weighted by Gasteiger charge is 2.31. The molecule has 17 heavy (non-hydrogen) atoms. The van der Waals surface area contributed by atoms with Crippen molar-refractivity contribution in [2.45, 2.75) is 38.1 Å². The van der Waals surface area contributed by atoms with Crippen LogP contribution in [0.4, 0.5) is 0 Å². The topological polar surface area (TPSA) is 75.4 Å². The molecule has 1 saturated heterocycles. The van der Waals surface area contributed by atoms with Gasteiger partial charge in [-0.3, -0.25) is 9.59 Å². The fourth-order valence-electron chi connectivity index (χ4n) is 2.84. The van der Waals surface area contributed by atoms with Crippen molar-refractivity contribution in [1.82, 2.24) is 10.2 Å². The van der Waals surface area contributed by atoms with Gasteiger partial charge in [-0.2, -0.15) is 0 Å². The Kier molecular flexibility index (Phi) is 3.99. The number of carbonyl (C=O) groups is 2. The van der Waals surface area contributed by atoms with Crippen molar-refractivity contribution in [3.8, 4) is 0 Å². The second-order valence-corrected chi connectivity index (χ2v) is 5.06. The van der Waals surface area contributed by atoms with Crippen molar-refractivity contribution < 1.29 is 9.59 Å². The first kappa shape index (κ1) is 12.4. The minimum atomic E-state index is -0.461. The lowest BCUT2D eigenvalue weighted by atomic mass is 10.0. The quantitative estimate of drug-likeness (QED) is 0.719. The van der Waals surface area contributed by atoms with Crippen LogP contribution in [0.1, 0.15) is 32.1 Å². The minimum Gasteiger partial charge on any atom is -0.368 e. The lowest BCUT2D eigenvalue weighted by Crippen LogP contribution is -2.58. The Hall–Kier alpha value is -1.10. The standard InChI is InChI=1S/C12H21N3O2/c13-12(17)10-8-14-5-6-15(10)11(16)7-9-3-1-2-4-9/h9-10,14H,1-8H2,(H2,13,17). The summed E-state index contributed by atoms with van der Waals surface area (Å²) in [6, 6.07) is -0.461. The molecule has 1 aliphatic heterocycles. The van der Waals surface area contributed by atoms with Crippen LogP contribution in [0.2, 0.25) is 0 Å². The predicted molar refractivity (Wildman–Crippen MR) is 64.1 cm³/mol. The van der Waals surface area contributed by atoms with Gasteiger partial charge in [-0.05, 0) is 18.8 Å². The van der Waals surface area contributed by atoms with Gasteiger partial charge in [0.05, 0.1) is 0 Å². The molecule has 1 unspecified atom stereocenters. The lowest BCUT2D eigenvalue weighted by Gasteiger charge is -2.34. The van der Waals surface area contributed by atoms with E-state index in [4.69, 9.17) is 5.73 Å². The van der Waals surface area contributed by atoms with Gasteiger partial charge in [0.2, 0.25) is 11.8 Å². The second-order valence-electron chi connectivity index (χ2n) is 5.06. The number of nitrogens with one attached hydrogen (secondary N) is 1. The Balaban J connectivity index is 1.93. The van der Waals surface area contributed by atoms with Crippen molar-refractivity contribution in [3.63, 3.8) is 0 Å². The molecule has 2 aliphatic rings. The van der Waals surface area contributed by atoms with E-state index in [0.29, 0.717) is 25.4 Å². The summed E-state index contributed by atoms with van der Waals surface area (Å²) in [4.78, 5) is 25.1. The zero-order chi connectivity index (χ0) is 12.3. The fourth-order valence-corrected chi connectivity index (χ4v) is 2.84. The molecule has 2 fully saturated rings. The summed E-state index contributed by atoms with van der Waals surface area (Å²) in [6.45, 7) is 1.84. The number of piperazine rings is 1. The predicted octanol–water partition coefficient (Wildman–Crippen LogP) is -0.148. The molecule has 0 bridgehead atoms. The number of amides is 2. The van der Waals surface area contributed by atoms with Crippen LogP contribution < -0.4 is 11.1 Å². The number of hydrogen-bond donors (Lipinski definition) is 2. The summed E-state index contributed by atoms with van der Waals surface area (Å²) >= 11 is 0. The van der Waals surface area contributed by atoms with Gasteiger partial charge in [0.15, 0.2) is 0 Å². The van der Waals surface area contributed by atoms with Gasteiger partial charge in [-0.25, -0.2) is 0 Å². The molecule has 2 rings (SSSR count). The average Bonchev–Trinajstić information content (AvgIpc) is 2.81. The molecule has 5 heteroatoms. The highest BCUT2D eigenvalue weighted by Crippen LogP contribution is 2.28. The zero-order valence-electron chi connectivity index (χ0n) is 10.2. The first-order valence-electron chi connectivity index (χ1n) is 6.48. The van der Waals surface area contributed by atoms with Crippen LogP contribution in [0.15, 0.2) is 0 Å². The summed E-state index contributed by atoms with van der Waals surface area (Å²) in [6.07, 6.45) is 5.36. The summed E-state index contributed by atoms with van der Waals surface area (Å²) in [5, 5.41) is 3.10. The van der Waals surface area contributed by atoms with Crippen LogP contribution in [0.3, 0.4) is 0 Å². The molecule has 0 radical (unpaired) electrons. The number of nitrogens with two attached hydrogens (primary N) is 1. The van der Waals surface area contributed by atoms with E-state index in [1.165, 1.54) is 12.8 Å². The lowest BCUT2D eigenvalue weighted by molar-refractivity contribution is -0.141. The van der Waals surface area contributed by atoms with Gasteiger partial charge in [0.1, 0.15) is 6.04 Å². The number of primary amides is 1. The molecule has 1 saturated carbocycles. The third-order valence-corrected chi connectivity index (χ3v) is 3.83. The highest BCUT2D eigenvalue weighted by molar-refractivity contribution is 5.87. The summed E-state index contributed by atoms with van der Waals surface area (Å²) in [5.74, 6) is 0.213. The van der Waals surface area contributed by atoms with Gasteiger partial charge in [-0.15, -0.1) is 0 Å². The van der Waals surface area contributed by atoms with Crippen LogP contribution in [-0.2, 0) is 9.59 Å². The number of nitrogens with zero attached hydrogens (tertiary/aromatic N) is 1. The first-order valence-corrected chi connectivity index (χ1v) is 6.48. The minimum absolute atomic E-state index is 0.0993. The van der Waals surface area contributed by atoms with Crippen molar-refractivity contribution >= 4 is 11.8 Å². The van der Waals surface area contributed by atoms with Crippen LogP contribution in [0.5, 0.6) is 0 Å². The third kappa shape index (κ3) is 2.97. The molecule has 1 atom stereocenters. The van der Waals surface area contributed by atoms with Crippen molar-refractivity contribution in [2.75, 3.05) is 19.6 Å². The third-order valence-electron chi connectivity index (χ3n) is 3.83. The van der Waals surface area contributed by atoms with Gasteiger partial charge in [0.25, 0.3) is 0 Å². The summed E-state index contributed by atoms with van der Waals surface area (Å²) < 4.78 is 0. The Morgan fingerprint density at radius 1 is 1.29 bits per heavy atom. The molecule has 0 aromatic rings. The van der Waals surface area contributed by atoms with E-state index in [1.54, 1.807) is 4.90 Å². The van der Waals surface area contributed by atoms with E-state index < -0.39 is 11.9 Å². The summed E-state index contributed by atoms with van der Waals surface area (Å²) in [7, 11) is 0. The Morgan fingerprint density at radius 2 is 2.00 bits per heavy atom. The zero-order valence-corrected chi connectivity index (χ0v) is 10.2.